The van der Waals surface area contributed by atoms with Crippen molar-refractivity contribution in [2.24, 2.45) is 0 Å². The van der Waals surface area contributed by atoms with E-state index in [1.54, 1.807) is 18.2 Å². The van der Waals surface area contributed by atoms with Crippen molar-refractivity contribution in [2.75, 3.05) is 6.54 Å². The molecule has 1 heterocycles. The number of furan rings is 1. The van der Waals surface area contributed by atoms with Gasteiger partial charge in [0, 0.05) is 18.7 Å². The fourth-order valence-corrected chi connectivity index (χ4v) is 1.96. The van der Waals surface area contributed by atoms with Gasteiger partial charge >= 0.3 is 5.97 Å². The van der Waals surface area contributed by atoms with E-state index in [1.807, 2.05) is 30.3 Å². The van der Waals surface area contributed by atoms with Gasteiger partial charge in [0.25, 0.3) is 5.91 Å². The molecule has 0 bridgehead atoms. The van der Waals surface area contributed by atoms with Crippen LogP contribution >= 0.6 is 0 Å². The van der Waals surface area contributed by atoms with Gasteiger partial charge in [-0.1, -0.05) is 30.3 Å². The highest BCUT2D eigenvalue weighted by Gasteiger charge is 2.13. The molecule has 2 amide bonds. The van der Waals surface area contributed by atoms with E-state index in [4.69, 9.17) is 9.52 Å². The molecule has 26 heavy (non-hydrogen) atoms. The summed E-state index contributed by atoms with van der Waals surface area (Å²) in [6.07, 6.45) is 5.49. The minimum absolute atomic E-state index is 0.0481. The van der Waals surface area contributed by atoms with Gasteiger partial charge in [0.1, 0.15) is 11.5 Å². The second-order valence-electron chi connectivity index (χ2n) is 5.21. The summed E-state index contributed by atoms with van der Waals surface area (Å²) < 4.78 is 5.15. The molecule has 0 radical (unpaired) electrons. The Morgan fingerprint density at radius 1 is 1.08 bits per heavy atom. The van der Waals surface area contributed by atoms with E-state index in [9.17, 15) is 14.4 Å². The molecule has 7 heteroatoms. The fourth-order valence-electron chi connectivity index (χ4n) is 1.96. The second-order valence-corrected chi connectivity index (χ2v) is 5.21. The first-order valence-corrected chi connectivity index (χ1v) is 7.84. The van der Waals surface area contributed by atoms with E-state index in [0.717, 1.165) is 5.56 Å². The summed E-state index contributed by atoms with van der Waals surface area (Å²) in [6.45, 7) is -0.0562. The summed E-state index contributed by atoms with van der Waals surface area (Å²) >= 11 is 0. The number of hydrogen-bond donors (Lipinski definition) is 3. The van der Waals surface area contributed by atoms with Crippen molar-refractivity contribution in [1.29, 1.82) is 0 Å². The summed E-state index contributed by atoms with van der Waals surface area (Å²) in [6, 6.07) is 12.5. The fraction of sp³-hybridized carbons (Fsp3) is 0.105. The van der Waals surface area contributed by atoms with Gasteiger partial charge in [-0.3, -0.25) is 14.4 Å². The van der Waals surface area contributed by atoms with Crippen LogP contribution in [-0.4, -0.2) is 29.4 Å². The van der Waals surface area contributed by atoms with Crippen LogP contribution in [0.3, 0.4) is 0 Å². The number of carbonyl (C=O) groups excluding carboxylic acids is 2. The first-order valence-electron chi connectivity index (χ1n) is 7.84. The summed E-state index contributed by atoms with van der Waals surface area (Å²) in [7, 11) is 0. The molecule has 0 saturated heterocycles. The van der Waals surface area contributed by atoms with Crippen molar-refractivity contribution in [2.45, 2.75) is 6.42 Å². The molecular weight excluding hydrogens is 336 g/mol. The number of carboxylic acid groups (broad SMARTS) is 1. The maximum atomic E-state index is 12.2. The maximum absolute atomic E-state index is 12.2. The summed E-state index contributed by atoms with van der Waals surface area (Å²) in [4.78, 5) is 34.9. The lowest BCUT2D eigenvalue weighted by Crippen LogP contribution is -2.35. The number of carbonyl (C=O) groups is 3. The Morgan fingerprint density at radius 3 is 2.50 bits per heavy atom. The zero-order valence-electron chi connectivity index (χ0n) is 13.8. The van der Waals surface area contributed by atoms with E-state index >= 15 is 0 Å². The van der Waals surface area contributed by atoms with Crippen molar-refractivity contribution >= 4 is 29.9 Å². The average molecular weight is 354 g/mol. The zero-order valence-corrected chi connectivity index (χ0v) is 13.8. The lowest BCUT2D eigenvalue weighted by Gasteiger charge is -2.08. The molecule has 1 aromatic carbocycles. The number of benzene rings is 1. The van der Waals surface area contributed by atoms with Gasteiger partial charge in [0.15, 0.2) is 0 Å². The van der Waals surface area contributed by atoms with Crippen LogP contribution in [0.2, 0.25) is 0 Å². The van der Waals surface area contributed by atoms with Gasteiger partial charge in [0.05, 0.1) is 12.7 Å². The molecule has 0 aliphatic heterocycles. The standard InChI is InChI=1S/C19H18N2O5/c22-17(9-8-14-5-2-1-3-6-14)21-16(13-15-7-4-12-26-15)19(25)20-11-10-18(23)24/h1-9,12-13H,10-11H2,(H,20,25)(H,21,22)(H,23,24)/b9-8+,16-13-. The number of rotatable bonds is 8. The lowest BCUT2D eigenvalue weighted by molar-refractivity contribution is -0.137. The van der Waals surface area contributed by atoms with Crippen molar-refractivity contribution < 1.29 is 23.9 Å². The summed E-state index contributed by atoms with van der Waals surface area (Å²) in [5, 5.41) is 13.6. The number of nitrogens with one attached hydrogen (secondary N) is 2. The number of aliphatic carboxylic acids is 1. The van der Waals surface area contributed by atoms with E-state index < -0.39 is 17.8 Å². The molecule has 3 N–H and O–H groups in total. The molecule has 0 unspecified atom stereocenters. The van der Waals surface area contributed by atoms with Crippen LogP contribution in [0.4, 0.5) is 0 Å². The summed E-state index contributed by atoms with van der Waals surface area (Å²) in [5.74, 6) is -1.76. The molecular formula is C19H18N2O5. The van der Waals surface area contributed by atoms with Gasteiger partial charge in [-0.05, 0) is 23.8 Å². The maximum Gasteiger partial charge on any atom is 0.305 e. The largest absolute Gasteiger partial charge is 0.481 e. The molecule has 0 aliphatic rings. The third kappa shape index (κ3) is 6.48. The Bertz CT molecular complexity index is 808. The minimum atomic E-state index is -1.03. The molecule has 0 spiro atoms. The van der Waals surface area contributed by atoms with E-state index in [1.165, 1.54) is 18.4 Å². The van der Waals surface area contributed by atoms with E-state index in [2.05, 4.69) is 10.6 Å². The van der Waals surface area contributed by atoms with Crippen LogP contribution in [0.15, 0.2) is 64.9 Å². The van der Waals surface area contributed by atoms with Crippen LogP contribution in [0, 0.1) is 0 Å². The monoisotopic (exact) mass is 354 g/mol. The van der Waals surface area contributed by atoms with Gasteiger partial charge in [0.2, 0.25) is 5.91 Å². The highest BCUT2D eigenvalue weighted by Crippen LogP contribution is 2.07. The van der Waals surface area contributed by atoms with Gasteiger partial charge in [-0.2, -0.15) is 0 Å². The SMILES string of the molecule is O=C(O)CCNC(=O)/C(=C/c1ccco1)NC(=O)/C=C/c1ccccc1. The predicted octanol–water partition coefficient (Wildman–Crippen LogP) is 2.04. The van der Waals surface area contributed by atoms with E-state index in [-0.39, 0.29) is 18.7 Å². The Kier molecular flexibility index (Phi) is 6.93. The topological polar surface area (TPSA) is 109 Å². The Morgan fingerprint density at radius 2 is 1.85 bits per heavy atom. The molecule has 1 aromatic heterocycles. The quantitative estimate of drug-likeness (QED) is 0.629. The van der Waals surface area contributed by atoms with Crippen LogP contribution < -0.4 is 10.6 Å². The lowest BCUT2D eigenvalue weighted by atomic mass is 10.2. The highest BCUT2D eigenvalue weighted by molar-refractivity contribution is 6.04. The van der Waals surface area contributed by atoms with Gasteiger partial charge in [-0.25, -0.2) is 0 Å². The Labute approximate surface area is 150 Å². The summed E-state index contributed by atoms with van der Waals surface area (Å²) in [5.41, 5.74) is 0.790. The van der Waals surface area contributed by atoms with Crippen LogP contribution in [-0.2, 0) is 14.4 Å². The molecule has 0 saturated carbocycles. The second kappa shape index (κ2) is 9.63. The van der Waals surface area contributed by atoms with Crippen molar-refractivity contribution in [1.82, 2.24) is 10.6 Å². The minimum Gasteiger partial charge on any atom is -0.481 e. The molecule has 0 aliphatic carbocycles. The average Bonchev–Trinajstić information content (AvgIpc) is 3.13. The highest BCUT2D eigenvalue weighted by atomic mass is 16.4. The molecule has 7 nitrogen and oxygen atoms in total. The molecule has 134 valence electrons. The molecule has 2 rings (SSSR count). The smallest absolute Gasteiger partial charge is 0.305 e. The first-order chi connectivity index (χ1) is 12.5. The predicted molar refractivity (Wildman–Crippen MR) is 95.6 cm³/mol. The van der Waals surface area contributed by atoms with Crippen LogP contribution in [0.5, 0.6) is 0 Å². The zero-order chi connectivity index (χ0) is 18.8. The normalized spacial score (nSPS) is 11.3. The van der Waals surface area contributed by atoms with Crippen molar-refractivity contribution in [3.8, 4) is 0 Å². The number of amides is 2. The van der Waals surface area contributed by atoms with Crippen LogP contribution in [0.1, 0.15) is 17.7 Å². The first kappa shape index (κ1) is 18.7. The van der Waals surface area contributed by atoms with Crippen LogP contribution in [0.25, 0.3) is 12.2 Å². The van der Waals surface area contributed by atoms with Gasteiger partial charge < -0.3 is 20.2 Å². The number of hydrogen-bond acceptors (Lipinski definition) is 4. The molecule has 2 aromatic rings. The third-order valence-electron chi connectivity index (χ3n) is 3.18. The third-order valence-corrected chi connectivity index (χ3v) is 3.18. The van der Waals surface area contributed by atoms with E-state index in [0.29, 0.717) is 5.76 Å². The molecule has 0 fully saturated rings. The van der Waals surface area contributed by atoms with Crippen molar-refractivity contribution in [3.63, 3.8) is 0 Å². The molecule has 0 atom stereocenters. The number of carboxylic acids is 1. The Hall–Kier alpha value is -3.61. The Balaban J connectivity index is 2.06. The van der Waals surface area contributed by atoms with Gasteiger partial charge in [-0.15, -0.1) is 0 Å². The van der Waals surface area contributed by atoms with Crippen molar-refractivity contribution in [3.05, 3.63) is 71.8 Å².